The van der Waals surface area contributed by atoms with Crippen molar-refractivity contribution in [3.05, 3.63) is 81.9 Å². The van der Waals surface area contributed by atoms with Gasteiger partial charge in [-0.3, -0.25) is 4.79 Å². The van der Waals surface area contributed by atoms with Gasteiger partial charge < -0.3 is 9.73 Å². The van der Waals surface area contributed by atoms with Gasteiger partial charge in [0.1, 0.15) is 5.76 Å². The summed E-state index contributed by atoms with van der Waals surface area (Å²) in [6, 6.07) is 21.3. The first-order valence-corrected chi connectivity index (χ1v) is 10.5. The zero-order valence-electron chi connectivity index (χ0n) is 13.9. The molecule has 4 nitrogen and oxygen atoms in total. The van der Waals surface area contributed by atoms with Crippen LogP contribution < -0.4 is 5.32 Å². The third-order valence-electron chi connectivity index (χ3n) is 3.55. The summed E-state index contributed by atoms with van der Waals surface area (Å²) in [6.07, 6.45) is 1.74. The van der Waals surface area contributed by atoms with Crippen LogP contribution in [0.4, 0.5) is 5.69 Å². The lowest BCUT2D eigenvalue weighted by atomic mass is 10.3. The van der Waals surface area contributed by atoms with E-state index in [0.717, 1.165) is 20.1 Å². The van der Waals surface area contributed by atoms with E-state index in [-0.39, 0.29) is 5.91 Å². The third-order valence-corrected chi connectivity index (χ3v) is 5.91. The zero-order valence-corrected chi connectivity index (χ0v) is 17.1. The summed E-state index contributed by atoms with van der Waals surface area (Å²) in [7, 11) is 0. The number of nitrogens with one attached hydrogen (secondary N) is 1. The summed E-state index contributed by atoms with van der Waals surface area (Å²) < 4.78 is 6.80. The minimum absolute atomic E-state index is 0.176. The summed E-state index contributed by atoms with van der Waals surface area (Å²) in [5.74, 6) is 0.459. The lowest BCUT2D eigenvalue weighted by Crippen LogP contribution is -2.19. The van der Waals surface area contributed by atoms with Gasteiger partial charge in [0.15, 0.2) is 10.3 Å². The summed E-state index contributed by atoms with van der Waals surface area (Å²) in [5.41, 5.74) is 0.779. The van der Waals surface area contributed by atoms with Gasteiger partial charge in [-0.15, -0.1) is 0 Å². The Hall–Kier alpha value is -2.22. The molecule has 4 rings (SSSR count). The fourth-order valence-electron chi connectivity index (χ4n) is 2.31. The number of furan rings is 1. The van der Waals surface area contributed by atoms with Crippen molar-refractivity contribution < 1.29 is 9.21 Å². The van der Waals surface area contributed by atoms with Gasteiger partial charge in [0.05, 0.1) is 10.6 Å². The lowest BCUT2D eigenvalue weighted by Gasteiger charge is -1.96. The monoisotopic (exact) mass is 456 g/mol. The Labute approximate surface area is 173 Å². The number of amides is 1. The number of carbonyl (C=O) groups excluding carboxylic acids is 1. The van der Waals surface area contributed by atoms with Crippen LogP contribution in [0, 0.1) is 0 Å². The summed E-state index contributed by atoms with van der Waals surface area (Å²) in [5, 5.41) is 4.11. The first-order chi connectivity index (χ1) is 13.2. The molecule has 0 unspecified atom stereocenters. The van der Waals surface area contributed by atoms with E-state index in [2.05, 4.69) is 26.2 Å². The normalized spacial score (nSPS) is 16.9. The predicted octanol–water partition coefficient (Wildman–Crippen LogP) is 6.08. The van der Waals surface area contributed by atoms with Crippen LogP contribution >= 0.6 is 39.5 Å². The quantitative estimate of drug-likeness (QED) is 0.482. The molecule has 1 fully saturated rings. The minimum atomic E-state index is -0.176. The number of aliphatic imine (C=N–C) groups is 1. The second-order valence-corrected chi connectivity index (χ2v) is 8.55. The average Bonchev–Trinajstić information content (AvgIpc) is 3.24. The molecule has 0 atom stereocenters. The first kappa shape index (κ1) is 18.2. The molecule has 1 aromatic heterocycles. The Morgan fingerprint density at radius 2 is 1.81 bits per heavy atom. The first-order valence-electron chi connectivity index (χ1n) is 8.04. The maximum Gasteiger partial charge on any atom is 0.264 e. The number of hydrogen-bond donors (Lipinski definition) is 1. The summed E-state index contributed by atoms with van der Waals surface area (Å²) in [4.78, 5) is 18.3. The second-order valence-electron chi connectivity index (χ2n) is 5.53. The summed E-state index contributed by atoms with van der Waals surface area (Å²) >= 11 is 6.23. The molecule has 7 heteroatoms. The highest BCUT2D eigenvalue weighted by Gasteiger charge is 2.24. The molecular formula is C20H13BrN2O2S2. The number of benzene rings is 2. The summed E-state index contributed by atoms with van der Waals surface area (Å²) in [6.45, 7) is 0. The molecule has 0 saturated carbocycles. The van der Waals surface area contributed by atoms with Gasteiger partial charge in [0.2, 0.25) is 0 Å². The molecule has 2 aromatic carbocycles. The maximum atomic E-state index is 12.2. The Balaban J connectivity index is 1.48. The van der Waals surface area contributed by atoms with E-state index in [9.17, 15) is 4.79 Å². The molecular weight excluding hydrogens is 444 g/mol. The highest BCUT2D eigenvalue weighted by Crippen LogP contribution is 2.32. The molecule has 0 bridgehead atoms. The Bertz CT molecular complexity index is 1030. The zero-order chi connectivity index (χ0) is 18.6. The maximum absolute atomic E-state index is 12.2. The molecule has 1 aliphatic heterocycles. The van der Waals surface area contributed by atoms with Crippen LogP contribution in [0.25, 0.3) is 6.08 Å². The Kier molecular flexibility index (Phi) is 5.52. The largest absolute Gasteiger partial charge is 0.450 e. The average molecular weight is 457 g/mol. The number of hydrogen-bond acceptors (Lipinski definition) is 5. The Morgan fingerprint density at radius 3 is 2.59 bits per heavy atom. The van der Waals surface area contributed by atoms with Crippen LogP contribution in [0.5, 0.6) is 0 Å². The molecule has 134 valence electrons. The Morgan fingerprint density at radius 1 is 1.04 bits per heavy atom. The van der Waals surface area contributed by atoms with E-state index >= 15 is 0 Å². The second kappa shape index (κ2) is 8.21. The van der Waals surface area contributed by atoms with E-state index in [1.54, 1.807) is 6.08 Å². The van der Waals surface area contributed by atoms with Crippen molar-refractivity contribution >= 4 is 62.3 Å². The number of carbonyl (C=O) groups is 1. The van der Waals surface area contributed by atoms with Gasteiger partial charge in [-0.25, -0.2) is 4.99 Å². The number of rotatable bonds is 4. The SMILES string of the molecule is O=C1NC(=Nc2ccc(Br)cc2)S/C1=C\c1ccc(Sc2ccccc2)o1. The van der Waals surface area contributed by atoms with Crippen molar-refractivity contribution in [1.82, 2.24) is 5.32 Å². The van der Waals surface area contributed by atoms with Gasteiger partial charge in [-0.1, -0.05) is 45.9 Å². The number of amidine groups is 1. The molecule has 27 heavy (non-hydrogen) atoms. The van der Waals surface area contributed by atoms with Crippen molar-refractivity contribution in [2.24, 2.45) is 4.99 Å². The molecule has 1 N–H and O–H groups in total. The minimum Gasteiger partial charge on any atom is -0.450 e. The smallest absolute Gasteiger partial charge is 0.264 e. The van der Waals surface area contributed by atoms with Crippen LogP contribution in [-0.2, 0) is 4.79 Å². The van der Waals surface area contributed by atoms with Crippen molar-refractivity contribution in [2.75, 3.05) is 0 Å². The van der Waals surface area contributed by atoms with Crippen molar-refractivity contribution in [3.8, 4) is 0 Å². The molecule has 0 aliphatic carbocycles. The van der Waals surface area contributed by atoms with E-state index in [1.165, 1.54) is 23.5 Å². The number of nitrogens with zero attached hydrogens (tertiary/aromatic N) is 1. The highest BCUT2D eigenvalue weighted by atomic mass is 79.9. The van der Waals surface area contributed by atoms with E-state index in [4.69, 9.17) is 4.42 Å². The molecule has 0 spiro atoms. The van der Waals surface area contributed by atoms with Gasteiger partial charge in [-0.05, 0) is 60.3 Å². The molecule has 1 saturated heterocycles. The fourth-order valence-corrected chi connectivity index (χ4v) is 4.20. The molecule has 3 aromatic rings. The topological polar surface area (TPSA) is 54.6 Å². The van der Waals surface area contributed by atoms with Crippen molar-refractivity contribution in [2.45, 2.75) is 9.99 Å². The van der Waals surface area contributed by atoms with Gasteiger partial charge in [0, 0.05) is 15.4 Å². The molecule has 0 radical (unpaired) electrons. The van der Waals surface area contributed by atoms with Crippen LogP contribution in [-0.4, -0.2) is 11.1 Å². The molecule has 2 heterocycles. The fraction of sp³-hybridized carbons (Fsp3) is 0. The standard InChI is InChI=1S/C20H13BrN2O2S2/c21-13-6-8-14(9-7-13)22-20-23-19(24)17(27-20)12-15-10-11-18(25-15)26-16-4-2-1-3-5-16/h1-12H,(H,22,23,24)/b17-12-. The molecule has 1 amide bonds. The van der Waals surface area contributed by atoms with Crippen LogP contribution in [0.1, 0.15) is 5.76 Å². The van der Waals surface area contributed by atoms with Gasteiger partial charge in [-0.2, -0.15) is 0 Å². The van der Waals surface area contributed by atoms with E-state index in [0.29, 0.717) is 15.8 Å². The van der Waals surface area contributed by atoms with Gasteiger partial charge >= 0.3 is 0 Å². The third kappa shape index (κ3) is 4.74. The van der Waals surface area contributed by atoms with Crippen LogP contribution in [0.2, 0.25) is 0 Å². The predicted molar refractivity (Wildman–Crippen MR) is 114 cm³/mol. The number of thioether (sulfide) groups is 1. The van der Waals surface area contributed by atoms with Crippen LogP contribution in [0.3, 0.4) is 0 Å². The van der Waals surface area contributed by atoms with Crippen LogP contribution in [0.15, 0.2) is 95.5 Å². The van der Waals surface area contributed by atoms with Crippen molar-refractivity contribution in [3.63, 3.8) is 0 Å². The van der Waals surface area contributed by atoms with E-state index < -0.39 is 0 Å². The van der Waals surface area contributed by atoms with Gasteiger partial charge in [0.25, 0.3) is 5.91 Å². The van der Waals surface area contributed by atoms with E-state index in [1.807, 2.05) is 66.7 Å². The highest BCUT2D eigenvalue weighted by molar-refractivity contribution is 9.10. The molecule has 1 aliphatic rings. The lowest BCUT2D eigenvalue weighted by molar-refractivity contribution is -0.115. The van der Waals surface area contributed by atoms with Crippen molar-refractivity contribution in [1.29, 1.82) is 0 Å². The number of halogens is 1.